The minimum absolute atomic E-state index is 0.161. The molecule has 0 radical (unpaired) electrons. The van der Waals surface area contributed by atoms with Crippen LogP contribution in [0.5, 0.6) is 5.75 Å². The first kappa shape index (κ1) is 16.6. The zero-order valence-electron chi connectivity index (χ0n) is 12.3. The summed E-state index contributed by atoms with van der Waals surface area (Å²) < 4.78 is 40.0. The highest BCUT2D eigenvalue weighted by Gasteiger charge is 2.31. The van der Waals surface area contributed by atoms with E-state index in [1.807, 2.05) is 6.92 Å². The number of carbonyl (C=O) groups is 1. The highest BCUT2D eigenvalue weighted by Crippen LogP contribution is 2.24. The molecule has 122 valence electrons. The van der Waals surface area contributed by atoms with E-state index in [9.17, 15) is 18.0 Å². The summed E-state index contributed by atoms with van der Waals surface area (Å²) >= 11 is 0. The smallest absolute Gasteiger partial charge is 0.406 e. The standard InChI is InChI=1S/C15H19F3N2O2/c1-11(20-9-3-2-4-10-20)14(21)19-12-5-7-13(8-6-12)22-15(16,17)18/h5-8,11H,2-4,9-10H2,1H3,(H,19,21)/t11-/m0/s1. The molecule has 1 amide bonds. The number of ether oxygens (including phenoxy) is 1. The van der Waals surface area contributed by atoms with Crippen molar-refractivity contribution in [2.24, 2.45) is 0 Å². The molecule has 1 atom stereocenters. The lowest BCUT2D eigenvalue weighted by atomic mass is 10.1. The maximum Gasteiger partial charge on any atom is 0.573 e. The van der Waals surface area contributed by atoms with E-state index in [0.29, 0.717) is 5.69 Å². The van der Waals surface area contributed by atoms with Crippen molar-refractivity contribution < 1.29 is 22.7 Å². The number of hydrogen-bond acceptors (Lipinski definition) is 3. The molecule has 1 N–H and O–H groups in total. The SMILES string of the molecule is C[C@@H](C(=O)Nc1ccc(OC(F)(F)F)cc1)N1CCCCC1. The second-order valence-electron chi connectivity index (χ2n) is 5.33. The van der Waals surface area contributed by atoms with Gasteiger partial charge in [0.2, 0.25) is 5.91 Å². The van der Waals surface area contributed by atoms with Crippen LogP contribution < -0.4 is 10.1 Å². The molecule has 0 aliphatic carbocycles. The van der Waals surface area contributed by atoms with Gasteiger partial charge >= 0.3 is 6.36 Å². The molecular formula is C15H19F3N2O2. The van der Waals surface area contributed by atoms with E-state index < -0.39 is 6.36 Å². The van der Waals surface area contributed by atoms with Crippen LogP contribution in [0.15, 0.2) is 24.3 Å². The predicted octanol–water partition coefficient (Wildman–Crippen LogP) is 3.40. The normalized spacial score (nSPS) is 17.8. The first-order chi connectivity index (χ1) is 10.3. The first-order valence-electron chi connectivity index (χ1n) is 7.26. The molecule has 22 heavy (non-hydrogen) atoms. The predicted molar refractivity (Wildman–Crippen MR) is 76.6 cm³/mol. The molecule has 7 heteroatoms. The van der Waals surface area contributed by atoms with Gasteiger partial charge in [-0.2, -0.15) is 0 Å². The molecular weight excluding hydrogens is 297 g/mol. The number of likely N-dealkylation sites (tertiary alicyclic amines) is 1. The number of piperidine rings is 1. The zero-order valence-corrected chi connectivity index (χ0v) is 12.3. The van der Waals surface area contributed by atoms with Crippen LogP contribution >= 0.6 is 0 Å². The lowest BCUT2D eigenvalue weighted by Gasteiger charge is -2.31. The third-order valence-electron chi connectivity index (χ3n) is 3.67. The molecule has 1 saturated heterocycles. The summed E-state index contributed by atoms with van der Waals surface area (Å²) in [5, 5.41) is 2.71. The van der Waals surface area contributed by atoms with Gasteiger partial charge in [0.1, 0.15) is 5.75 Å². The zero-order chi connectivity index (χ0) is 16.2. The van der Waals surface area contributed by atoms with E-state index in [2.05, 4.69) is 15.0 Å². The summed E-state index contributed by atoms with van der Waals surface area (Å²) in [5.41, 5.74) is 0.448. The molecule has 1 fully saturated rings. The number of halogens is 3. The Morgan fingerprint density at radius 2 is 1.77 bits per heavy atom. The number of hydrogen-bond donors (Lipinski definition) is 1. The van der Waals surface area contributed by atoms with Crippen molar-refractivity contribution in [1.29, 1.82) is 0 Å². The van der Waals surface area contributed by atoms with E-state index in [1.54, 1.807) is 0 Å². The molecule has 0 aromatic heterocycles. The fraction of sp³-hybridized carbons (Fsp3) is 0.533. The Labute approximate surface area is 127 Å². The molecule has 0 spiro atoms. The van der Waals surface area contributed by atoms with Gasteiger partial charge in [-0.15, -0.1) is 13.2 Å². The third kappa shape index (κ3) is 4.91. The van der Waals surface area contributed by atoms with Gasteiger partial charge in [-0.05, 0) is 57.1 Å². The quantitative estimate of drug-likeness (QED) is 0.925. The van der Waals surface area contributed by atoms with Gasteiger partial charge in [0.15, 0.2) is 0 Å². The maximum absolute atomic E-state index is 12.2. The molecule has 2 rings (SSSR count). The van der Waals surface area contributed by atoms with Crippen molar-refractivity contribution in [3.63, 3.8) is 0 Å². The molecule has 4 nitrogen and oxygen atoms in total. The molecule has 1 aromatic rings. The summed E-state index contributed by atoms with van der Waals surface area (Å²) in [5.74, 6) is -0.471. The van der Waals surface area contributed by atoms with Gasteiger partial charge in [0.05, 0.1) is 6.04 Å². The maximum atomic E-state index is 12.2. The Hall–Kier alpha value is -1.76. The van der Waals surface area contributed by atoms with Crippen LogP contribution in [0.3, 0.4) is 0 Å². The molecule has 0 saturated carbocycles. The van der Waals surface area contributed by atoms with Crippen LogP contribution in [0.1, 0.15) is 26.2 Å². The van der Waals surface area contributed by atoms with Crippen molar-refractivity contribution in [2.75, 3.05) is 18.4 Å². The topological polar surface area (TPSA) is 41.6 Å². The molecule has 0 bridgehead atoms. The molecule has 1 heterocycles. The van der Waals surface area contributed by atoms with Crippen molar-refractivity contribution >= 4 is 11.6 Å². The van der Waals surface area contributed by atoms with Crippen molar-refractivity contribution in [1.82, 2.24) is 4.90 Å². The van der Waals surface area contributed by atoms with Crippen LogP contribution in [0.2, 0.25) is 0 Å². The average molecular weight is 316 g/mol. The highest BCUT2D eigenvalue weighted by molar-refractivity contribution is 5.94. The Balaban J connectivity index is 1.91. The largest absolute Gasteiger partial charge is 0.573 e. The summed E-state index contributed by atoms with van der Waals surface area (Å²) in [4.78, 5) is 14.3. The van der Waals surface area contributed by atoms with Crippen molar-refractivity contribution in [2.45, 2.75) is 38.6 Å². The number of benzene rings is 1. The van der Waals surface area contributed by atoms with Gasteiger partial charge in [-0.3, -0.25) is 9.69 Å². The van der Waals surface area contributed by atoms with Crippen LogP contribution in [-0.4, -0.2) is 36.3 Å². The van der Waals surface area contributed by atoms with E-state index in [-0.39, 0.29) is 17.7 Å². The monoisotopic (exact) mass is 316 g/mol. The highest BCUT2D eigenvalue weighted by atomic mass is 19.4. The molecule has 1 aliphatic heterocycles. The Morgan fingerprint density at radius 3 is 2.32 bits per heavy atom. The van der Waals surface area contributed by atoms with Gasteiger partial charge in [-0.25, -0.2) is 0 Å². The number of carbonyl (C=O) groups excluding carboxylic acids is 1. The number of alkyl halides is 3. The van der Waals surface area contributed by atoms with Crippen LogP contribution in [-0.2, 0) is 4.79 Å². The summed E-state index contributed by atoms with van der Waals surface area (Å²) in [6.45, 7) is 3.63. The van der Waals surface area contributed by atoms with Gasteiger partial charge in [0.25, 0.3) is 0 Å². The fourth-order valence-electron chi connectivity index (χ4n) is 2.46. The number of nitrogens with zero attached hydrogens (tertiary/aromatic N) is 1. The van der Waals surface area contributed by atoms with Crippen molar-refractivity contribution in [3.8, 4) is 5.75 Å². The molecule has 1 aromatic carbocycles. The van der Waals surface area contributed by atoms with Crippen molar-refractivity contribution in [3.05, 3.63) is 24.3 Å². The van der Waals surface area contributed by atoms with E-state index in [4.69, 9.17) is 0 Å². The Kier molecular flexibility index (Phi) is 5.28. The summed E-state index contributed by atoms with van der Waals surface area (Å²) in [6.07, 6.45) is -1.36. The lowest BCUT2D eigenvalue weighted by molar-refractivity contribution is -0.274. The molecule has 0 unspecified atom stereocenters. The van der Waals surface area contributed by atoms with Gasteiger partial charge < -0.3 is 10.1 Å². The minimum atomic E-state index is -4.71. The van der Waals surface area contributed by atoms with Crippen LogP contribution in [0.4, 0.5) is 18.9 Å². The van der Waals surface area contributed by atoms with E-state index >= 15 is 0 Å². The lowest BCUT2D eigenvalue weighted by Crippen LogP contribution is -2.44. The Bertz CT molecular complexity index is 497. The fourth-order valence-corrected chi connectivity index (χ4v) is 2.46. The van der Waals surface area contributed by atoms with E-state index in [1.165, 1.54) is 30.7 Å². The summed E-state index contributed by atoms with van der Waals surface area (Å²) in [7, 11) is 0. The van der Waals surface area contributed by atoms with Gasteiger partial charge in [-0.1, -0.05) is 6.42 Å². The number of nitrogens with one attached hydrogen (secondary N) is 1. The second kappa shape index (κ2) is 7.00. The van der Waals surface area contributed by atoms with E-state index in [0.717, 1.165) is 25.9 Å². The third-order valence-corrected chi connectivity index (χ3v) is 3.67. The molecule has 1 aliphatic rings. The number of anilines is 1. The Morgan fingerprint density at radius 1 is 1.18 bits per heavy atom. The number of amides is 1. The van der Waals surface area contributed by atoms with Crippen LogP contribution in [0, 0.1) is 0 Å². The first-order valence-corrected chi connectivity index (χ1v) is 7.26. The second-order valence-corrected chi connectivity index (χ2v) is 5.33. The summed E-state index contributed by atoms with van der Waals surface area (Å²) in [6, 6.07) is 4.87. The van der Waals surface area contributed by atoms with Gasteiger partial charge in [0, 0.05) is 5.69 Å². The van der Waals surface area contributed by atoms with Crippen LogP contribution in [0.25, 0.3) is 0 Å². The average Bonchev–Trinajstić information content (AvgIpc) is 2.48. The minimum Gasteiger partial charge on any atom is -0.406 e. The number of rotatable bonds is 4.